The number of likely N-dealkylation sites (N-methyl/N-ethyl adjacent to an activating group) is 1. The molecule has 1 aromatic carbocycles. The average molecular weight is 389 g/mol. The van der Waals surface area contributed by atoms with Crippen LogP contribution in [-0.2, 0) is 19.5 Å². The lowest BCUT2D eigenvalue weighted by Gasteiger charge is -2.32. The molecule has 1 aliphatic heterocycles. The molecule has 0 aliphatic carbocycles. The maximum Gasteiger partial charge on any atom is 0.321 e. The van der Waals surface area contributed by atoms with E-state index in [4.69, 9.17) is 0 Å². The van der Waals surface area contributed by atoms with E-state index in [2.05, 4.69) is 68.9 Å². The molecule has 2 amide bonds. The number of nitrogens with one attached hydrogen (secondary N) is 2. The number of carbonyl (C=O) groups excluding carboxylic acids is 1. The van der Waals surface area contributed by atoms with Crippen LogP contribution in [0, 0.1) is 0 Å². The van der Waals surface area contributed by atoms with Gasteiger partial charge in [-0.25, -0.2) is 4.79 Å². The highest BCUT2D eigenvalue weighted by Crippen LogP contribution is 2.16. The third-order valence-corrected chi connectivity index (χ3v) is 5.53. The SMILES string of the molecule is CCCc1nnc(NC(=O)NCc2ccc(CN3CCN(C)CC3)cc2)s1. The lowest BCUT2D eigenvalue weighted by Crippen LogP contribution is -2.43. The number of rotatable bonds is 7. The molecule has 1 aromatic heterocycles. The maximum absolute atomic E-state index is 12.0. The van der Waals surface area contributed by atoms with E-state index in [1.165, 1.54) is 16.9 Å². The number of hydrogen-bond donors (Lipinski definition) is 2. The fourth-order valence-electron chi connectivity index (χ4n) is 2.97. The van der Waals surface area contributed by atoms with E-state index < -0.39 is 0 Å². The van der Waals surface area contributed by atoms with Crippen molar-refractivity contribution in [1.82, 2.24) is 25.3 Å². The molecule has 3 rings (SSSR count). The second-order valence-electron chi connectivity index (χ2n) is 6.95. The van der Waals surface area contributed by atoms with Crippen LogP contribution in [0.4, 0.5) is 9.93 Å². The summed E-state index contributed by atoms with van der Waals surface area (Å²) in [5.74, 6) is 0. The zero-order chi connectivity index (χ0) is 19.1. The van der Waals surface area contributed by atoms with Crippen molar-refractivity contribution in [2.24, 2.45) is 0 Å². The van der Waals surface area contributed by atoms with Crippen molar-refractivity contribution < 1.29 is 4.79 Å². The lowest BCUT2D eigenvalue weighted by atomic mass is 10.1. The van der Waals surface area contributed by atoms with Crippen LogP contribution in [0.3, 0.4) is 0 Å². The first-order valence-corrected chi connectivity index (χ1v) is 10.3. The van der Waals surface area contributed by atoms with E-state index in [1.807, 2.05) is 0 Å². The lowest BCUT2D eigenvalue weighted by molar-refractivity contribution is 0.148. The fourth-order valence-corrected chi connectivity index (χ4v) is 3.81. The number of urea groups is 1. The molecule has 1 aliphatic rings. The minimum Gasteiger partial charge on any atom is -0.334 e. The van der Waals surface area contributed by atoms with Gasteiger partial charge in [-0.1, -0.05) is 42.5 Å². The highest BCUT2D eigenvalue weighted by molar-refractivity contribution is 7.15. The second kappa shape index (κ2) is 9.77. The number of aryl methyl sites for hydroxylation is 1. The van der Waals surface area contributed by atoms with Gasteiger partial charge in [-0.05, 0) is 24.6 Å². The number of anilines is 1. The van der Waals surface area contributed by atoms with Crippen molar-refractivity contribution in [3.63, 3.8) is 0 Å². The van der Waals surface area contributed by atoms with Crippen LogP contribution in [0.15, 0.2) is 24.3 Å². The summed E-state index contributed by atoms with van der Waals surface area (Å²) in [6.07, 6.45) is 1.91. The highest BCUT2D eigenvalue weighted by Gasteiger charge is 2.13. The Kier molecular flexibility index (Phi) is 7.14. The molecule has 2 heterocycles. The predicted molar refractivity (Wildman–Crippen MR) is 109 cm³/mol. The van der Waals surface area contributed by atoms with Gasteiger partial charge in [0.2, 0.25) is 5.13 Å². The zero-order valence-corrected chi connectivity index (χ0v) is 16.9. The smallest absolute Gasteiger partial charge is 0.321 e. The molecule has 0 atom stereocenters. The van der Waals surface area contributed by atoms with E-state index in [-0.39, 0.29) is 6.03 Å². The number of carbonyl (C=O) groups is 1. The van der Waals surface area contributed by atoms with Gasteiger partial charge in [0.15, 0.2) is 0 Å². The Balaban J connectivity index is 1.41. The summed E-state index contributed by atoms with van der Waals surface area (Å²) in [4.78, 5) is 16.9. The first-order valence-electron chi connectivity index (χ1n) is 9.48. The minimum atomic E-state index is -0.254. The molecule has 1 saturated heterocycles. The Bertz CT molecular complexity index is 724. The molecule has 2 aromatic rings. The van der Waals surface area contributed by atoms with Gasteiger partial charge in [-0.15, -0.1) is 10.2 Å². The van der Waals surface area contributed by atoms with Gasteiger partial charge in [0, 0.05) is 45.7 Å². The predicted octanol–water partition coefficient (Wildman–Crippen LogP) is 2.56. The van der Waals surface area contributed by atoms with E-state index >= 15 is 0 Å². The van der Waals surface area contributed by atoms with Gasteiger partial charge < -0.3 is 10.2 Å². The largest absolute Gasteiger partial charge is 0.334 e. The normalized spacial score (nSPS) is 15.6. The van der Waals surface area contributed by atoms with Crippen LogP contribution in [0.1, 0.15) is 29.5 Å². The molecule has 0 saturated carbocycles. The van der Waals surface area contributed by atoms with Crippen molar-refractivity contribution in [2.45, 2.75) is 32.9 Å². The molecule has 146 valence electrons. The van der Waals surface area contributed by atoms with Crippen LogP contribution in [0.25, 0.3) is 0 Å². The molecule has 7 nitrogen and oxygen atoms in total. The number of amides is 2. The molecule has 27 heavy (non-hydrogen) atoms. The third-order valence-electron chi connectivity index (χ3n) is 4.63. The van der Waals surface area contributed by atoms with Gasteiger partial charge in [-0.2, -0.15) is 0 Å². The van der Waals surface area contributed by atoms with Crippen molar-refractivity contribution in [3.8, 4) is 0 Å². The van der Waals surface area contributed by atoms with E-state index in [0.29, 0.717) is 11.7 Å². The molecule has 0 bridgehead atoms. The van der Waals surface area contributed by atoms with Gasteiger partial charge in [-0.3, -0.25) is 10.2 Å². The second-order valence-corrected chi connectivity index (χ2v) is 8.02. The van der Waals surface area contributed by atoms with Crippen molar-refractivity contribution in [3.05, 3.63) is 40.4 Å². The molecular formula is C19H28N6OS. The molecule has 0 spiro atoms. The van der Waals surface area contributed by atoms with Crippen molar-refractivity contribution in [1.29, 1.82) is 0 Å². The molecule has 1 fully saturated rings. The van der Waals surface area contributed by atoms with Gasteiger partial charge in [0.05, 0.1) is 0 Å². The maximum atomic E-state index is 12.0. The first-order chi connectivity index (χ1) is 13.1. The Morgan fingerprint density at radius 2 is 1.81 bits per heavy atom. The summed E-state index contributed by atoms with van der Waals surface area (Å²) in [7, 11) is 2.17. The Morgan fingerprint density at radius 3 is 2.52 bits per heavy atom. The standard InChI is InChI=1S/C19H28N6OS/c1-3-4-17-22-23-19(27-17)21-18(26)20-13-15-5-7-16(8-6-15)14-25-11-9-24(2)10-12-25/h5-8H,3-4,9-14H2,1-2H3,(H2,20,21,23,26). The van der Waals surface area contributed by atoms with Crippen LogP contribution in [-0.4, -0.2) is 59.3 Å². The summed E-state index contributed by atoms with van der Waals surface area (Å²) >= 11 is 1.42. The molecule has 0 unspecified atom stereocenters. The number of aromatic nitrogens is 2. The topological polar surface area (TPSA) is 73.4 Å². The highest BCUT2D eigenvalue weighted by atomic mass is 32.1. The van der Waals surface area contributed by atoms with E-state index in [9.17, 15) is 4.79 Å². The summed E-state index contributed by atoms with van der Waals surface area (Å²) in [5.41, 5.74) is 2.39. The molecule has 2 N–H and O–H groups in total. The fraction of sp³-hybridized carbons (Fsp3) is 0.526. The van der Waals surface area contributed by atoms with Crippen LogP contribution in [0.2, 0.25) is 0 Å². The summed E-state index contributed by atoms with van der Waals surface area (Å²) in [6.45, 7) is 8.06. The summed E-state index contributed by atoms with van der Waals surface area (Å²) in [6, 6.07) is 8.20. The van der Waals surface area contributed by atoms with E-state index in [1.54, 1.807) is 0 Å². The average Bonchev–Trinajstić information content (AvgIpc) is 3.10. The number of benzene rings is 1. The van der Waals surface area contributed by atoms with E-state index in [0.717, 1.165) is 56.1 Å². The Labute approximate surface area is 164 Å². The van der Waals surface area contributed by atoms with Crippen LogP contribution < -0.4 is 10.6 Å². The number of piperazine rings is 1. The number of nitrogens with zero attached hydrogens (tertiary/aromatic N) is 4. The third kappa shape index (κ3) is 6.27. The van der Waals surface area contributed by atoms with Gasteiger partial charge in [0.1, 0.15) is 5.01 Å². The monoisotopic (exact) mass is 388 g/mol. The van der Waals surface area contributed by atoms with Crippen molar-refractivity contribution in [2.75, 3.05) is 38.5 Å². The quantitative estimate of drug-likeness (QED) is 0.763. The number of hydrogen-bond acceptors (Lipinski definition) is 6. The van der Waals surface area contributed by atoms with Crippen LogP contribution >= 0.6 is 11.3 Å². The minimum absolute atomic E-state index is 0.254. The van der Waals surface area contributed by atoms with Crippen molar-refractivity contribution >= 4 is 22.5 Å². The van der Waals surface area contributed by atoms with Gasteiger partial charge in [0.25, 0.3) is 0 Å². The Hall–Kier alpha value is -2.03. The zero-order valence-electron chi connectivity index (χ0n) is 16.1. The Morgan fingerprint density at radius 1 is 1.11 bits per heavy atom. The molecule has 8 heteroatoms. The summed E-state index contributed by atoms with van der Waals surface area (Å²) in [5, 5.41) is 15.1. The first kappa shape index (κ1) is 19.7. The molecular weight excluding hydrogens is 360 g/mol. The van der Waals surface area contributed by atoms with Crippen LogP contribution in [0.5, 0.6) is 0 Å². The van der Waals surface area contributed by atoms with Gasteiger partial charge >= 0.3 is 6.03 Å². The molecule has 0 radical (unpaired) electrons. The summed E-state index contributed by atoms with van der Waals surface area (Å²) < 4.78 is 0.